The lowest BCUT2D eigenvalue weighted by Crippen LogP contribution is -2.34. The number of nitrogens with one attached hydrogen (secondary N) is 1. The monoisotopic (exact) mass is 229 g/mol. The van der Waals surface area contributed by atoms with Gasteiger partial charge in [0.2, 0.25) is 0 Å². The Balaban J connectivity index is 1.95. The summed E-state index contributed by atoms with van der Waals surface area (Å²) in [5.74, 6) is 0.478. The lowest BCUT2D eigenvalue weighted by Gasteiger charge is -2.19. The molecule has 1 saturated heterocycles. The molecule has 0 aliphatic carbocycles. The number of aromatic nitrogens is 2. The van der Waals surface area contributed by atoms with E-state index in [0.29, 0.717) is 11.9 Å². The normalized spacial score (nSPS) is 20.1. The van der Waals surface area contributed by atoms with Gasteiger partial charge in [-0.25, -0.2) is 4.98 Å². The van der Waals surface area contributed by atoms with Gasteiger partial charge >= 0.3 is 0 Å². The number of H-pyrrole nitrogens is 1. The summed E-state index contributed by atoms with van der Waals surface area (Å²) in [5, 5.41) is 0. The Labute approximate surface area is 99.6 Å². The molecule has 17 heavy (non-hydrogen) atoms. The number of aromatic amines is 1. The van der Waals surface area contributed by atoms with Crippen LogP contribution in [0.25, 0.3) is 11.0 Å². The van der Waals surface area contributed by atoms with Crippen LogP contribution in [-0.2, 0) is 0 Å². The zero-order valence-electron chi connectivity index (χ0n) is 9.81. The molecule has 1 atom stereocenters. The van der Waals surface area contributed by atoms with Crippen molar-refractivity contribution in [3.63, 3.8) is 0 Å². The zero-order chi connectivity index (χ0) is 11.8. The smallest absolute Gasteiger partial charge is 0.289 e. The highest BCUT2D eigenvalue weighted by Crippen LogP contribution is 2.19. The number of imidazole rings is 1. The average molecular weight is 229 g/mol. The third-order valence-electron chi connectivity index (χ3n) is 3.41. The SMILES string of the molecule is C[C@@H]1CCCN1C(=O)c1nc2ccccc2[nH]1. The van der Waals surface area contributed by atoms with Crippen LogP contribution in [-0.4, -0.2) is 33.4 Å². The van der Waals surface area contributed by atoms with Gasteiger partial charge in [-0.05, 0) is 31.9 Å². The molecule has 1 aromatic carbocycles. The van der Waals surface area contributed by atoms with E-state index in [0.717, 1.165) is 30.4 Å². The number of hydrogen-bond donors (Lipinski definition) is 1. The van der Waals surface area contributed by atoms with Crippen LogP contribution in [0.5, 0.6) is 0 Å². The van der Waals surface area contributed by atoms with Crippen molar-refractivity contribution in [2.24, 2.45) is 0 Å². The largest absolute Gasteiger partial charge is 0.334 e. The maximum absolute atomic E-state index is 12.3. The van der Waals surface area contributed by atoms with Crippen LogP contribution in [0.1, 0.15) is 30.4 Å². The summed E-state index contributed by atoms with van der Waals surface area (Å²) in [7, 11) is 0. The van der Waals surface area contributed by atoms with Gasteiger partial charge in [-0.1, -0.05) is 12.1 Å². The van der Waals surface area contributed by atoms with Gasteiger partial charge in [-0.3, -0.25) is 4.79 Å². The van der Waals surface area contributed by atoms with Crippen molar-refractivity contribution < 1.29 is 4.79 Å². The van der Waals surface area contributed by atoms with Gasteiger partial charge in [-0.2, -0.15) is 0 Å². The number of likely N-dealkylation sites (tertiary alicyclic amines) is 1. The number of benzene rings is 1. The molecule has 2 heterocycles. The molecule has 88 valence electrons. The van der Waals surface area contributed by atoms with Crippen molar-refractivity contribution in [3.05, 3.63) is 30.1 Å². The minimum atomic E-state index is 0.0196. The van der Waals surface area contributed by atoms with Crippen LogP contribution < -0.4 is 0 Å². The molecule has 1 aliphatic rings. The molecular weight excluding hydrogens is 214 g/mol. The highest BCUT2D eigenvalue weighted by atomic mass is 16.2. The number of carbonyl (C=O) groups is 1. The number of amides is 1. The molecule has 1 fully saturated rings. The Morgan fingerprint density at radius 1 is 1.47 bits per heavy atom. The summed E-state index contributed by atoms with van der Waals surface area (Å²) in [6, 6.07) is 8.04. The summed E-state index contributed by atoms with van der Waals surface area (Å²) in [4.78, 5) is 21.6. The maximum atomic E-state index is 12.3. The second-order valence-corrected chi connectivity index (χ2v) is 4.59. The summed E-state index contributed by atoms with van der Waals surface area (Å²) < 4.78 is 0. The number of nitrogens with zero attached hydrogens (tertiary/aromatic N) is 2. The lowest BCUT2D eigenvalue weighted by atomic mass is 10.2. The highest BCUT2D eigenvalue weighted by molar-refractivity contribution is 5.94. The minimum absolute atomic E-state index is 0.0196. The number of rotatable bonds is 1. The van der Waals surface area contributed by atoms with Gasteiger partial charge < -0.3 is 9.88 Å². The summed E-state index contributed by atoms with van der Waals surface area (Å²) in [6.07, 6.45) is 2.18. The van der Waals surface area contributed by atoms with Crippen LogP contribution in [0.2, 0.25) is 0 Å². The Kier molecular flexibility index (Phi) is 2.35. The fourth-order valence-electron chi connectivity index (χ4n) is 2.43. The van der Waals surface area contributed by atoms with Crippen molar-refractivity contribution in [2.45, 2.75) is 25.8 Å². The molecule has 0 unspecified atom stereocenters. The molecule has 0 saturated carbocycles. The van der Waals surface area contributed by atoms with Crippen molar-refractivity contribution in [2.75, 3.05) is 6.54 Å². The molecule has 0 spiro atoms. The molecule has 1 amide bonds. The summed E-state index contributed by atoms with van der Waals surface area (Å²) in [5.41, 5.74) is 1.77. The maximum Gasteiger partial charge on any atom is 0.289 e. The Morgan fingerprint density at radius 2 is 2.29 bits per heavy atom. The van der Waals surface area contributed by atoms with Gasteiger partial charge in [0, 0.05) is 12.6 Å². The van der Waals surface area contributed by atoms with E-state index < -0.39 is 0 Å². The van der Waals surface area contributed by atoms with Crippen LogP contribution in [0, 0.1) is 0 Å². The van der Waals surface area contributed by atoms with Crippen LogP contribution in [0.4, 0.5) is 0 Å². The van der Waals surface area contributed by atoms with E-state index in [1.165, 1.54) is 0 Å². The molecule has 2 aromatic rings. The first-order valence-electron chi connectivity index (χ1n) is 6.01. The third-order valence-corrected chi connectivity index (χ3v) is 3.41. The fraction of sp³-hybridized carbons (Fsp3) is 0.385. The molecule has 0 bridgehead atoms. The Hall–Kier alpha value is -1.84. The first-order valence-corrected chi connectivity index (χ1v) is 6.01. The van der Waals surface area contributed by atoms with Gasteiger partial charge in [0.25, 0.3) is 5.91 Å². The molecule has 1 aliphatic heterocycles. The quantitative estimate of drug-likeness (QED) is 0.814. The molecule has 1 aromatic heterocycles. The van der Waals surface area contributed by atoms with Crippen molar-refractivity contribution >= 4 is 16.9 Å². The highest BCUT2D eigenvalue weighted by Gasteiger charge is 2.27. The van der Waals surface area contributed by atoms with Crippen molar-refractivity contribution in [1.82, 2.24) is 14.9 Å². The number of hydrogen-bond acceptors (Lipinski definition) is 2. The third kappa shape index (κ3) is 1.69. The second-order valence-electron chi connectivity index (χ2n) is 4.59. The van der Waals surface area contributed by atoms with Gasteiger partial charge in [-0.15, -0.1) is 0 Å². The van der Waals surface area contributed by atoms with Crippen molar-refractivity contribution in [3.8, 4) is 0 Å². The van der Waals surface area contributed by atoms with Gasteiger partial charge in [0.1, 0.15) is 0 Å². The summed E-state index contributed by atoms with van der Waals surface area (Å²) >= 11 is 0. The van der Waals surface area contributed by atoms with E-state index in [2.05, 4.69) is 16.9 Å². The topological polar surface area (TPSA) is 49.0 Å². The minimum Gasteiger partial charge on any atom is -0.334 e. The number of carbonyl (C=O) groups excluding carboxylic acids is 1. The van der Waals surface area contributed by atoms with E-state index in [9.17, 15) is 4.79 Å². The van der Waals surface area contributed by atoms with Gasteiger partial charge in [0.15, 0.2) is 5.82 Å². The van der Waals surface area contributed by atoms with Crippen LogP contribution in [0.15, 0.2) is 24.3 Å². The molecular formula is C13H15N3O. The average Bonchev–Trinajstić information content (AvgIpc) is 2.93. The van der Waals surface area contributed by atoms with Crippen LogP contribution >= 0.6 is 0 Å². The van der Waals surface area contributed by atoms with Crippen molar-refractivity contribution in [1.29, 1.82) is 0 Å². The standard InChI is InChI=1S/C13H15N3O/c1-9-5-4-8-16(9)13(17)12-14-10-6-2-3-7-11(10)15-12/h2-3,6-7,9H,4-5,8H2,1H3,(H,14,15)/t9-/m1/s1. The van der Waals surface area contributed by atoms with E-state index in [4.69, 9.17) is 0 Å². The fourth-order valence-corrected chi connectivity index (χ4v) is 2.43. The molecule has 0 radical (unpaired) electrons. The van der Waals surface area contributed by atoms with E-state index in [1.807, 2.05) is 29.2 Å². The first kappa shape index (κ1) is 10.3. The number of fused-ring (bicyclic) bond motifs is 1. The predicted molar refractivity (Wildman–Crippen MR) is 65.8 cm³/mol. The van der Waals surface area contributed by atoms with E-state index >= 15 is 0 Å². The first-order chi connectivity index (χ1) is 8.25. The predicted octanol–water partition coefficient (Wildman–Crippen LogP) is 2.19. The molecule has 4 nitrogen and oxygen atoms in total. The molecule has 4 heteroatoms. The molecule has 1 N–H and O–H groups in total. The van der Waals surface area contributed by atoms with E-state index in [1.54, 1.807) is 0 Å². The zero-order valence-corrected chi connectivity index (χ0v) is 9.81. The van der Waals surface area contributed by atoms with Crippen LogP contribution in [0.3, 0.4) is 0 Å². The summed E-state index contributed by atoms with van der Waals surface area (Å²) in [6.45, 7) is 2.94. The van der Waals surface area contributed by atoms with E-state index in [-0.39, 0.29) is 5.91 Å². The van der Waals surface area contributed by atoms with Gasteiger partial charge in [0.05, 0.1) is 11.0 Å². The second kappa shape index (κ2) is 3.87. The Bertz CT molecular complexity index is 528. The number of para-hydroxylation sites is 2. The molecule has 3 rings (SSSR count). The lowest BCUT2D eigenvalue weighted by molar-refractivity contribution is 0.0736. The Morgan fingerprint density at radius 3 is 3.00 bits per heavy atom.